The van der Waals surface area contributed by atoms with Crippen LogP contribution in [0.3, 0.4) is 0 Å². The maximum Gasteiger partial charge on any atom is 0.191 e. The topological polar surface area (TPSA) is 64.1 Å². The Morgan fingerprint density at radius 3 is 2.70 bits per heavy atom. The lowest BCUT2D eigenvalue weighted by Crippen LogP contribution is -2.38. The standard InChI is InChI=1S/C17H29N3O3/c1-5-22-9-8-19-17(18-3)20-13-15-7-6-14(2)12-16(15)23-11-10-21-4/h6-7,12H,5,8-11,13H2,1-4H3,(H2,18,19,20). The van der Waals surface area contributed by atoms with Crippen LogP contribution >= 0.6 is 0 Å². The van der Waals surface area contributed by atoms with Gasteiger partial charge in [-0.3, -0.25) is 4.99 Å². The van der Waals surface area contributed by atoms with Gasteiger partial charge in [0.1, 0.15) is 12.4 Å². The van der Waals surface area contributed by atoms with E-state index in [1.54, 1.807) is 14.2 Å². The summed E-state index contributed by atoms with van der Waals surface area (Å²) in [4.78, 5) is 4.20. The highest BCUT2D eigenvalue weighted by Crippen LogP contribution is 2.20. The van der Waals surface area contributed by atoms with Gasteiger partial charge in [-0.25, -0.2) is 0 Å². The second kappa shape index (κ2) is 11.7. The fourth-order valence-corrected chi connectivity index (χ4v) is 1.96. The zero-order valence-electron chi connectivity index (χ0n) is 14.6. The summed E-state index contributed by atoms with van der Waals surface area (Å²) in [5.74, 6) is 1.62. The smallest absolute Gasteiger partial charge is 0.191 e. The quantitative estimate of drug-likeness (QED) is 0.390. The van der Waals surface area contributed by atoms with Crippen LogP contribution in [0.4, 0.5) is 0 Å². The van der Waals surface area contributed by atoms with Crippen LogP contribution in [0.2, 0.25) is 0 Å². The van der Waals surface area contributed by atoms with Crippen molar-refractivity contribution < 1.29 is 14.2 Å². The highest BCUT2D eigenvalue weighted by molar-refractivity contribution is 5.79. The van der Waals surface area contributed by atoms with Crippen LogP contribution in [0.5, 0.6) is 5.75 Å². The summed E-state index contributed by atoms with van der Waals surface area (Å²) in [6, 6.07) is 6.18. The van der Waals surface area contributed by atoms with Crippen LogP contribution in [-0.4, -0.2) is 53.1 Å². The minimum Gasteiger partial charge on any atom is -0.491 e. The van der Waals surface area contributed by atoms with E-state index in [4.69, 9.17) is 14.2 Å². The summed E-state index contributed by atoms with van der Waals surface area (Å²) in [5.41, 5.74) is 2.25. The molecule has 1 rings (SSSR count). The van der Waals surface area contributed by atoms with Crippen molar-refractivity contribution in [1.29, 1.82) is 0 Å². The molecule has 6 nitrogen and oxygen atoms in total. The van der Waals surface area contributed by atoms with Crippen molar-refractivity contribution >= 4 is 5.96 Å². The molecule has 0 fully saturated rings. The summed E-state index contributed by atoms with van der Waals surface area (Å²) >= 11 is 0. The van der Waals surface area contributed by atoms with Crippen molar-refractivity contribution in [2.24, 2.45) is 4.99 Å². The van der Waals surface area contributed by atoms with E-state index in [0.29, 0.717) is 26.4 Å². The number of rotatable bonds is 10. The maximum atomic E-state index is 5.79. The number of hydrogen-bond donors (Lipinski definition) is 2. The molecule has 23 heavy (non-hydrogen) atoms. The number of methoxy groups -OCH3 is 1. The van der Waals surface area contributed by atoms with Gasteiger partial charge >= 0.3 is 0 Å². The van der Waals surface area contributed by atoms with Gasteiger partial charge in [-0.2, -0.15) is 0 Å². The molecule has 0 heterocycles. The molecule has 1 aromatic rings. The monoisotopic (exact) mass is 323 g/mol. The summed E-state index contributed by atoms with van der Waals surface area (Å²) < 4.78 is 16.1. The number of aryl methyl sites for hydroxylation is 1. The van der Waals surface area contributed by atoms with Crippen molar-refractivity contribution in [3.8, 4) is 5.75 Å². The number of benzene rings is 1. The molecule has 130 valence electrons. The molecule has 0 aliphatic rings. The van der Waals surface area contributed by atoms with Crippen molar-refractivity contribution in [2.75, 3.05) is 47.1 Å². The Kier molecular flexibility index (Phi) is 9.83. The van der Waals surface area contributed by atoms with Crippen LogP contribution in [0, 0.1) is 6.92 Å². The molecule has 0 saturated carbocycles. The van der Waals surface area contributed by atoms with Gasteiger partial charge in [0.2, 0.25) is 0 Å². The third-order valence-electron chi connectivity index (χ3n) is 3.18. The zero-order valence-corrected chi connectivity index (χ0v) is 14.6. The minimum absolute atomic E-state index is 0.536. The molecular formula is C17H29N3O3. The van der Waals surface area contributed by atoms with Crippen molar-refractivity contribution in [2.45, 2.75) is 20.4 Å². The van der Waals surface area contributed by atoms with Gasteiger partial charge in [0.25, 0.3) is 0 Å². The molecule has 0 aliphatic heterocycles. The second-order valence-corrected chi connectivity index (χ2v) is 5.00. The fourth-order valence-electron chi connectivity index (χ4n) is 1.96. The predicted molar refractivity (Wildman–Crippen MR) is 93.2 cm³/mol. The van der Waals surface area contributed by atoms with Crippen LogP contribution in [0.25, 0.3) is 0 Å². The molecule has 0 saturated heterocycles. The molecule has 1 aromatic carbocycles. The Bertz CT molecular complexity index is 478. The summed E-state index contributed by atoms with van der Waals surface area (Å²) in [6.07, 6.45) is 0. The van der Waals surface area contributed by atoms with Gasteiger partial charge in [0.05, 0.1) is 13.2 Å². The zero-order chi connectivity index (χ0) is 16.9. The fraction of sp³-hybridized carbons (Fsp3) is 0.588. The average Bonchev–Trinajstić information content (AvgIpc) is 2.56. The molecule has 0 radical (unpaired) electrons. The van der Waals surface area contributed by atoms with Gasteiger partial charge in [-0.1, -0.05) is 12.1 Å². The van der Waals surface area contributed by atoms with E-state index in [0.717, 1.165) is 30.4 Å². The van der Waals surface area contributed by atoms with Crippen molar-refractivity contribution in [3.05, 3.63) is 29.3 Å². The Morgan fingerprint density at radius 1 is 1.17 bits per heavy atom. The Labute approximate surface area is 139 Å². The van der Waals surface area contributed by atoms with E-state index >= 15 is 0 Å². The van der Waals surface area contributed by atoms with E-state index in [1.807, 2.05) is 13.0 Å². The first kappa shape index (κ1) is 19.3. The molecular weight excluding hydrogens is 294 g/mol. The number of hydrogen-bond acceptors (Lipinski definition) is 4. The van der Waals surface area contributed by atoms with Crippen molar-refractivity contribution in [3.63, 3.8) is 0 Å². The number of guanidine groups is 1. The second-order valence-electron chi connectivity index (χ2n) is 5.00. The number of nitrogens with one attached hydrogen (secondary N) is 2. The predicted octanol–water partition coefficient (Wildman–Crippen LogP) is 1.72. The lowest BCUT2D eigenvalue weighted by Gasteiger charge is -2.15. The lowest BCUT2D eigenvalue weighted by atomic mass is 10.1. The number of ether oxygens (including phenoxy) is 3. The minimum atomic E-state index is 0.536. The highest BCUT2D eigenvalue weighted by Gasteiger charge is 2.06. The summed E-state index contributed by atoms with van der Waals surface area (Å²) in [6.45, 7) is 7.88. The van der Waals surface area contributed by atoms with E-state index in [2.05, 4.69) is 34.7 Å². The lowest BCUT2D eigenvalue weighted by molar-refractivity contribution is 0.145. The molecule has 6 heteroatoms. The highest BCUT2D eigenvalue weighted by atomic mass is 16.5. The molecule has 0 aliphatic carbocycles. The molecule has 0 spiro atoms. The van der Waals surface area contributed by atoms with E-state index in [1.165, 1.54) is 5.56 Å². The molecule has 0 amide bonds. The van der Waals surface area contributed by atoms with Crippen LogP contribution in [0.15, 0.2) is 23.2 Å². The normalized spacial score (nSPS) is 11.4. The Morgan fingerprint density at radius 2 is 2.00 bits per heavy atom. The Balaban J connectivity index is 2.54. The van der Waals surface area contributed by atoms with Gasteiger partial charge in [0.15, 0.2) is 5.96 Å². The first-order valence-corrected chi connectivity index (χ1v) is 7.94. The number of aliphatic imine (C=N–C) groups is 1. The van der Waals surface area contributed by atoms with Gasteiger partial charge in [-0.05, 0) is 25.5 Å². The van der Waals surface area contributed by atoms with Gasteiger partial charge in [-0.15, -0.1) is 0 Å². The van der Waals surface area contributed by atoms with E-state index < -0.39 is 0 Å². The largest absolute Gasteiger partial charge is 0.491 e. The summed E-state index contributed by atoms with van der Waals surface area (Å²) in [5, 5.41) is 6.50. The molecule has 0 bridgehead atoms. The Hall–Kier alpha value is -1.79. The van der Waals surface area contributed by atoms with Crippen LogP contribution < -0.4 is 15.4 Å². The van der Waals surface area contributed by atoms with E-state index in [9.17, 15) is 0 Å². The third-order valence-corrected chi connectivity index (χ3v) is 3.18. The summed E-state index contributed by atoms with van der Waals surface area (Å²) in [7, 11) is 3.42. The van der Waals surface area contributed by atoms with Crippen LogP contribution in [0.1, 0.15) is 18.1 Å². The van der Waals surface area contributed by atoms with E-state index in [-0.39, 0.29) is 0 Å². The first-order chi connectivity index (χ1) is 11.2. The maximum absolute atomic E-state index is 5.79. The number of nitrogens with zero attached hydrogens (tertiary/aromatic N) is 1. The first-order valence-electron chi connectivity index (χ1n) is 7.94. The molecule has 0 atom stereocenters. The molecule has 0 unspecified atom stereocenters. The SMILES string of the molecule is CCOCCNC(=NC)NCc1ccc(C)cc1OCCOC. The van der Waals surface area contributed by atoms with Crippen LogP contribution in [-0.2, 0) is 16.0 Å². The van der Waals surface area contributed by atoms with Gasteiger partial charge < -0.3 is 24.8 Å². The van der Waals surface area contributed by atoms with Gasteiger partial charge in [0, 0.05) is 39.4 Å². The average molecular weight is 323 g/mol. The molecule has 2 N–H and O–H groups in total. The van der Waals surface area contributed by atoms with Crippen molar-refractivity contribution in [1.82, 2.24) is 10.6 Å². The molecule has 0 aromatic heterocycles. The third kappa shape index (κ3) is 7.85.